The van der Waals surface area contributed by atoms with Crippen LogP contribution < -0.4 is 20.1 Å². The third-order valence-electron chi connectivity index (χ3n) is 9.52. The lowest BCUT2D eigenvalue weighted by Gasteiger charge is -2.30. The molecule has 6 rings (SSSR count). The van der Waals surface area contributed by atoms with Crippen LogP contribution in [0.3, 0.4) is 0 Å². The van der Waals surface area contributed by atoms with Crippen LogP contribution in [0, 0.1) is 12.8 Å². The van der Waals surface area contributed by atoms with E-state index in [9.17, 15) is 24.3 Å². The van der Waals surface area contributed by atoms with Crippen LogP contribution in [-0.2, 0) is 19.1 Å². The number of carbonyl (C=O) groups is 4. The fourth-order valence-electron chi connectivity index (χ4n) is 6.82. The highest BCUT2D eigenvalue weighted by Crippen LogP contribution is 2.45. The van der Waals surface area contributed by atoms with Gasteiger partial charge in [-0.1, -0.05) is 25.0 Å². The average Bonchev–Trinajstić information content (AvgIpc) is 3.34. The molecule has 4 heterocycles. The number of aliphatic carboxylic acids is 1. The standard InChI is InChI=1S/C37H46N6O8/c1-22-19-38-43(20-22)31-17-30(26-14-13-24(49-5)15-28(26)39-31)50-25-16-29-32(44)41-37(34(46)47)18-23(37)11-9-7-6-8-10-12-27(33(45)42(29)21-25)40-35(48)51-36(2,3)4/h9,11,13-15,17,19-20,23,25,27,29H,6-8,10,12,16,18,21H2,1-5H3,(H,40,48)(H,41,44)(H,46,47)/b11-9-/t23-,25-,27+,29+,37-/m1/s1. The Morgan fingerprint density at radius 3 is 2.65 bits per heavy atom. The van der Waals surface area contributed by atoms with Crippen LogP contribution in [-0.4, -0.2) is 91.6 Å². The predicted molar refractivity (Wildman–Crippen MR) is 187 cm³/mol. The lowest BCUT2D eigenvalue weighted by Crippen LogP contribution is -2.56. The maximum absolute atomic E-state index is 14.4. The molecular formula is C37H46N6O8. The van der Waals surface area contributed by atoms with Crippen molar-refractivity contribution < 1.29 is 38.5 Å². The number of aromatic nitrogens is 3. The van der Waals surface area contributed by atoms with Gasteiger partial charge in [0.15, 0.2) is 5.82 Å². The van der Waals surface area contributed by atoms with Crippen molar-refractivity contribution in [3.05, 3.63) is 54.4 Å². The molecule has 3 aliphatic rings. The highest BCUT2D eigenvalue weighted by Gasteiger charge is 2.61. The first-order chi connectivity index (χ1) is 24.3. The number of hydrogen-bond donors (Lipinski definition) is 3. The Morgan fingerprint density at radius 1 is 1.14 bits per heavy atom. The smallest absolute Gasteiger partial charge is 0.408 e. The Morgan fingerprint density at radius 2 is 1.94 bits per heavy atom. The van der Waals surface area contributed by atoms with Crippen LogP contribution in [0.2, 0.25) is 0 Å². The number of hydrogen-bond acceptors (Lipinski definition) is 9. The van der Waals surface area contributed by atoms with Gasteiger partial charge in [0, 0.05) is 36.1 Å². The van der Waals surface area contributed by atoms with Gasteiger partial charge in [0.1, 0.15) is 40.8 Å². The number of methoxy groups -OCH3 is 1. The number of fused-ring (bicyclic) bond motifs is 3. The normalized spacial score (nSPS) is 26.2. The molecule has 2 aromatic heterocycles. The van der Waals surface area contributed by atoms with E-state index in [-0.39, 0.29) is 25.3 Å². The molecule has 1 saturated carbocycles. The number of carboxylic acid groups (broad SMARTS) is 1. The zero-order chi connectivity index (χ0) is 36.5. The molecule has 1 aromatic carbocycles. The van der Waals surface area contributed by atoms with E-state index in [1.54, 1.807) is 57.0 Å². The molecule has 2 fully saturated rings. The first-order valence-corrected chi connectivity index (χ1v) is 17.5. The van der Waals surface area contributed by atoms with Gasteiger partial charge in [0.25, 0.3) is 0 Å². The predicted octanol–water partition coefficient (Wildman–Crippen LogP) is 4.46. The molecule has 1 saturated heterocycles. The van der Waals surface area contributed by atoms with Crippen LogP contribution in [0.1, 0.15) is 71.3 Å². The van der Waals surface area contributed by atoms with Gasteiger partial charge in [-0.25, -0.2) is 19.3 Å². The number of rotatable bonds is 6. The second kappa shape index (κ2) is 14.2. The van der Waals surface area contributed by atoms with Gasteiger partial charge in [-0.15, -0.1) is 0 Å². The minimum Gasteiger partial charge on any atom is -0.497 e. The van der Waals surface area contributed by atoms with E-state index in [1.165, 1.54) is 4.90 Å². The zero-order valence-electron chi connectivity index (χ0n) is 29.7. The van der Waals surface area contributed by atoms with E-state index in [4.69, 9.17) is 19.2 Å². The van der Waals surface area contributed by atoms with Crippen LogP contribution in [0.5, 0.6) is 11.5 Å². The van der Waals surface area contributed by atoms with Crippen molar-refractivity contribution >= 4 is 34.8 Å². The number of amides is 3. The summed E-state index contributed by atoms with van der Waals surface area (Å²) in [5.41, 5.74) is -0.704. The number of alkyl carbamates (subject to hydrolysis) is 1. The van der Waals surface area contributed by atoms with E-state index in [2.05, 4.69) is 15.7 Å². The van der Waals surface area contributed by atoms with Gasteiger partial charge in [-0.2, -0.15) is 5.10 Å². The Bertz CT molecular complexity index is 1850. The van der Waals surface area contributed by atoms with Crippen molar-refractivity contribution in [3.63, 3.8) is 0 Å². The summed E-state index contributed by atoms with van der Waals surface area (Å²) in [4.78, 5) is 60.1. The van der Waals surface area contributed by atoms with Gasteiger partial charge in [-0.05, 0) is 71.1 Å². The molecule has 3 amide bonds. The maximum Gasteiger partial charge on any atom is 0.408 e. The van der Waals surface area contributed by atoms with Crippen molar-refractivity contribution in [3.8, 4) is 17.3 Å². The molecule has 0 radical (unpaired) electrons. The van der Waals surface area contributed by atoms with Crippen molar-refractivity contribution in [2.75, 3.05) is 13.7 Å². The summed E-state index contributed by atoms with van der Waals surface area (Å²) in [6, 6.07) is 5.14. The summed E-state index contributed by atoms with van der Waals surface area (Å²) < 4.78 is 19.2. The Kier molecular flexibility index (Phi) is 9.96. The third kappa shape index (κ3) is 7.94. The number of carboxylic acids is 1. The molecule has 5 atom stereocenters. The number of pyridine rings is 1. The maximum atomic E-state index is 14.4. The Hall–Kier alpha value is -5.14. The summed E-state index contributed by atoms with van der Waals surface area (Å²) in [6.07, 6.45) is 9.68. The number of allylic oxidation sites excluding steroid dienone is 1. The highest BCUT2D eigenvalue weighted by molar-refractivity contribution is 5.96. The monoisotopic (exact) mass is 702 g/mol. The molecule has 0 bridgehead atoms. The summed E-state index contributed by atoms with van der Waals surface area (Å²) in [7, 11) is 1.57. The molecule has 0 unspecified atom stereocenters. The minimum absolute atomic E-state index is 0.0169. The minimum atomic E-state index is -1.45. The van der Waals surface area contributed by atoms with Gasteiger partial charge < -0.3 is 34.9 Å². The largest absolute Gasteiger partial charge is 0.497 e. The number of nitrogens with zero attached hydrogens (tertiary/aromatic N) is 4. The highest BCUT2D eigenvalue weighted by atomic mass is 16.6. The summed E-state index contributed by atoms with van der Waals surface area (Å²) in [5, 5.41) is 20.8. The quantitative estimate of drug-likeness (QED) is 0.311. The molecular weight excluding hydrogens is 656 g/mol. The van der Waals surface area contributed by atoms with Gasteiger partial charge in [0.05, 0.1) is 25.4 Å². The lowest BCUT2D eigenvalue weighted by molar-refractivity contribution is -0.145. The summed E-state index contributed by atoms with van der Waals surface area (Å²) in [5.74, 6) is -0.962. The zero-order valence-corrected chi connectivity index (χ0v) is 29.7. The lowest BCUT2D eigenvalue weighted by atomic mass is 10.0. The van der Waals surface area contributed by atoms with Gasteiger partial charge >= 0.3 is 12.1 Å². The SMILES string of the molecule is COc1ccc2c(O[C@@H]3C[C@H]4C(=O)N[C@]5(C(=O)O)C[C@H]5/C=C\CCCCC[C@H](NC(=O)OC(C)(C)C)C(=O)N4C3)cc(-n3cc(C)cn3)nc2c1. The molecule has 3 aromatic rings. The van der Waals surface area contributed by atoms with Crippen LogP contribution in [0.15, 0.2) is 48.8 Å². The molecule has 3 N–H and O–H groups in total. The van der Waals surface area contributed by atoms with Crippen LogP contribution >= 0.6 is 0 Å². The third-order valence-corrected chi connectivity index (χ3v) is 9.52. The number of carbonyl (C=O) groups excluding carboxylic acids is 3. The fourth-order valence-corrected chi connectivity index (χ4v) is 6.82. The number of benzene rings is 1. The van der Waals surface area contributed by atoms with E-state index < -0.39 is 53.2 Å². The van der Waals surface area contributed by atoms with Crippen LogP contribution in [0.4, 0.5) is 4.79 Å². The van der Waals surface area contributed by atoms with Crippen molar-refractivity contribution in [2.24, 2.45) is 5.92 Å². The fraction of sp³-hybridized carbons (Fsp3) is 0.514. The second-order valence-electron chi connectivity index (χ2n) is 14.6. The Labute approximate surface area is 296 Å². The average molecular weight is 703 g/mol. The first kappa shape index (κ1) is 35.7. The first-order valence-electron chi connectivity index (χ1n) is 17.5. The summed E-state index contributed by atoms with van der Waals surface area (Å²) >= 11 is 0. The molecule has 272 valence electrons. The van der Waals surface area contributed by atoms with E-state index in [0.29, 0.717) is 41.1 Å². The van der Waals surface area contributed by atoms with Crippen LogP contribution in [0.25, 0.3) is 16.7 Å². The molecule has 0 spiro atoms. The van der Waals surface area contributed by atoms with Gasteiger partial charge in [0.2, 0.25) is 11.8 Å². The topological polar surface area (TPSA) is 174 Å². The van der Waals surface area contributed by atoms with Gasteiger partial charge in [-0.3, -0.25) is 9.59 Å². The summed E-state index contributed by atoms with van der Waals surface area (Å²) in [6.45, 7) is 7.15. The Balaban J connectivity index is 1.34. The van der Waals surface area contributed by atoms with E-state index in [0.717, 1.165) is 24.8 Å². The van der Waals surface area contributed by atoms with E-state index >= 15 is 0 Å². The molecule has 14 heteroatoms. The number of aryl methyl sites for hydroxylation is 1. The van der Waals surface area contributed by atoms with Crippen molar-refractivity contribution in [2.45, 2.75) is 102 Å². The molecule has 2 aliphatic heterocycles. The van der Waals surface area contributed by atoms with E-state index in [1.807, 2.05) is 31.3 Å². The number of nitrogens with one attached hydrogen (secondary N) is 2. The van der Waals surface area contributed by atoms with Crippen molar-refractivity contribution in [1.82, 2.24) is 30.3 Å². The second-order valence-corrected chi connectivity index (χ2v) is 14.6. The van der Waals surface area contributed by atoms with Crippen molar-refractivity contribution in [1.29, 1.82) is 0 Å². The molecule has 1 aliphatic carbocycles. The molecule has 14 nitrogen and oxygen atoms in total. The number of ether oxygens (including phenoxy) is 3. The molecule has 51 heavy (non-hydrogen) atoms.